The maximum atomic E-state index is 13.0. The second-order valence-electron chi connectivity index (χ2n) is 4.77. The maximum absolute atomic E-state index is 13.0. The summed E-state index contributed by atoms with van der Waals surface area (Å²) in [4.78, 5) is -0.00918. The fourth-order valence-corrected chi connectivity index (χ4v) is 3.72. The van der Waals surface area contributed by atoms with E-state index in [0.29, 0.717) is 0 Å². The van der Waals surface area contributed by atoms with Crippen LogP contribution in [0.4, 0.5) is 4.39 Å². The minimum absolute atomic E-state index is 0.00918. The van der Waals surface area contributed by atoms with Crippen LogP contribution in [-0.2, 0) is 10.0 Å². The number of rotatable bonds is 3. The largest absolute Gasteiger partial charge is 0.314 e. The van der Waals surface area contributed by atoms with E-state index < -0.39 is 15.8 Å². The molecule has 1 aliphatic heterocycles. The lowest BCUT2D eigenvalue weighted by Crippen LogP contribution is -2.46. The minimum Gasteiger partial charge on any atom is -0.314 e. The Labute approximate surface area is 117 Å². The third-order valence-electron chi connectivity index (χ3n) is 3.15. The van der Waals surface area contributed by atoms with Gasteiger partial charge >= 0.3 is 0 Å². The van der Waals surface area contributed by atoms with Crippen molar-refractivity contribution in [2.24, 2.45) is 0 Å². The van der Waals surface area contributed by atoms with Gasteiger partial charge in [0.2, 0.25) is 10.0 Å². The molecule has 0 bridgehead atoms. The first-order valence-electron chi connectivity index (χ1n) is 6.09. The molecule has 1 fully saturated rings. The zero-order valence-electron chi connectivity index (χ0n) is 10.5. The summed E-state index contributed by atoms with van der Waals surface area (Å²) in [7, 11) is -3.65. The Morgan fingerprint density at radius 3 is 2.84 bits per heavy atom. The van der Waals surface area contributed by atoms with Gasteiger partial charge in [-0.15, -0.1) is 0 Å². The molecule has 1 aromatic rings. The zero-order valence-corrected chi connectivity index (χ0v) is 12.1. The number of benzene rings is 1. The SMILES string of the molecule is CC1CC(NS(=O)(=O)c2ccc(F)c(Cl)c2)CCN1. The zero-order chi connectivity index (χ0) is 14.0. The van der Waals surface area contributed by atoms with Crippen molar-refractivity contribution in [2.45, 2.75) is 36.7 Å². The molecule has 1 heterocycles. The van der Waals surface area contributed by atoms with Crippen LogP contribution in [0.1, 0.15) is 19.8 Å². The molecule has 2 rings (SSSR count). The standard InChI is InChI=1S/C12H16ClFN2O2S/c1-8-6-9(4-5-15-8)16-19(17,18)10-2-3-12(14)11(13)7-10/h2-3,7-9,15-16H,4-6H2,1H3. The number of piperidine rings is 1. The highest BCUT2D eigenvalue weighted by Gasteiger charge is 2.24. The van der Waals surface area contributed by atoms with Gasteiger partial charge in [0.1, 0.15) is 5.82 Å². The number of hydrogen-bond acceptors (Lipinski definition) is 3. The van der Waals surface area contributed by atoms with Crippen molar-refractivity contribution in [3.63, 3.8) is 0 Å². The third kappa shape index (κ3) is 3.66. The van der Waals surface area contributed by atoms with Crippen LogP contribution in [0.3, 0.4) is 0 Å². The highest BCUT2D eigenvalue weighted by atomic mass is 35.5. The van der Waals surface area contributed by atoms with Gasteiger partial charge in [-0.05, 0) is 44.5 Å². The summed E-state index contributed by atoms with van der Waals surface area (Å²) in [5.74, 6) is -0.629. The topological polar surface area (TPSA) is 58.2 Å². The van der Waals surface area contributed by atoms with Gasteiger partial charge in [0.25, 0.3) is 0 Å². The average Bonchev–Trinajstić information content (AvgIpc) is 2.32. The Kier molecular flexibility index (Phi) is 4.45. The van der Waals surface area contributed by atoms with E-state index in [-0.39, 0.29) is 22.0 Å². The molecule has 7 heteroatoms. The summed E-state index contributed by atoms with van der Waals surface area (Å²) in [5, 5.41) is 3.06. The fraction of sp³-hybridized carbons (Fsp3) is 0.500. The second kappa shape index (κ2) is 5.75. The Bertz CT molecular complexity index is 565. The normalized spacial score (nSPS) is 24.4. The molecule has 4 nitrogen and oxygen atoms in total. The van der Waals surface area contributed by atoms with Crippen molar-refractivity contribution >= 4 is 21.6 Å². The highest BCUT2D eigenvalue weighted by molar-refractivity contribution is 7.89. The Morgan fingerprint density at radius 1 is 1.47 bits per heavy atom. The van der Waals surface area contributed by atoms with Crippen molar-refractivity contribution < 1.29 is 12.8 Å². The highest BCUT2D eigenvalue weighted by Crippen LogP contribution is 2.20. The van der Waals surface area contributed by atoms with E-state index in [0.717, 1.165) is 31.5 Å². The Hall–Kier alpha value is -0.690. The van der Waals surface area contributed by atoms with Gasteiger partial charge in [-0.3, -0.25) is 0 Å². The fourth-order valence-electron chi connectivity index (χ4n) is 2.17. The smallest absolute Gasteiger partial charge is 0.240 e. The molecule has 2 atom stereocenters. The van der Waals surface area contributed by atoms with Gasteiger partial charge in [-0.2, -0.15) is 0 Å². The molecule has 1 aromatic carbocycles. The second-order valence-corrected chi connectivity index (χ2v) is 6.89. The minimum atomic E-state index is -3.65. The molecular weight excluding hydrogens is 291 g/mol. The summed E-state index contributed by atoms with van der Waals surface area (Å²) in [6, 6.07) is 3.57. The average molecular weight is 307 g/mol. The predicted octanol–water partition coefficient (Wildman–Crippen LogP) is 1.90. The number of sulfonamides is 1. The van der Waals surface area contributed by atoms with Crippen molar-refractivity contribution in [3.05, 3.63) is 29.0 Å². The van der Waals surface area contributed by atoms with E-state index in [1.54, 1.807) is 0 Å². The van der Waals surface area contributed by atoms with Gasteiger partial charge in [-0.25, -0.2) is 17.5 Å². The van der Waals surface area contributed by atoms with Crippen LogP contribution >= 0.6 is 11.6 Å². The molecule has 1 aliphatic rings. The van der Waals surface area contributed by atoms with E-state index in [1.165, 1.54) is 6.07 Å². The lowest BCUT2D eigenvalue weighted by Gasteiger charge is -2.28. The third-order valence-corrected chi connectivity index (χ3v) is 4.95. The van der Waals surface area contributed by atoms with E-state index in [4.69, 9.17) is 11.6 Å². The number of halogens is 2. The monoisotopic (exact) mass is 306 g/mol. The first-order chi connectivity index (χ1) is 8.88. The lowest BCUT2D eigenvalue weighted by molar-refractivity contribution is 0.361. The first kappa shape index (κ1) is 14.7. The summed E-state index contributed by atoms with van der Waals surface area (Å²) < 4.78 is 40.0. The van der Waals surface area contributed by atoms with E-state index in [1.807, 2.05) is 6.92 Å². The molecule has 19 heavy (non-hydrogen) atoms. The molecule has 0 aliphatic carbocycles. The maximum Gasteiger partial charge on any atom is 0.240 e. The van der Waals surface area contributed by atoms with Crippen molar-refractivity contribution in [2.75, 3.05) is 6.54 Å². The van der Waals surface area contributed by atoms with Crippen molar-refractivity contribution in [3.8, 4) is 0 Å². The van der Waals surface area contributed by atoms with E-state index in [9.17, 15) is 12.8 Å². The summed E-state index contributed by atoms with van der Waals surface area (Å²) >= 11 is 5.61. The first-order valence-corrected chi connectivity index (χ1v) is 7.95. The summed E-state index contributed by atoms with van der Waals surface area (Å²) in [6.45, 7) is 2.79. The van der Waals surface area contributed by atoms with Gasteiger partial charge in [0.05, 0.1) is 9.92 Å². The van der Waals surface area contributed by atoms with Crippen LogP contribution in [-0.4, -0.2) is 27.0 Å². The summed E-state index contributed by atoms with van der Waals surface area (Å²) in [6.07, 6.45) is 1.46. The molecule has 106 valence electrons. The molecule has 0 aromatic heterocycles. The van der Waals surface area contributed by atoms with Crippen LogP contribution in [0.25, 0.3) is 0 Å². The van der Waals surface area contributed by atoms with Crippen LogP contribution in [0.2, 0.25) is 5.02 Å². The Morgan fingerprint density at radius 2 is 2.21 bits per heavy atom. The number of nitrogens with one attached hydrogen (secondary N) is 2. The van der Waals surface area contributed by atoms with E-state index >= 15 is 0 Å². The molecule has 2 unspecified atom stereocenters. The molecule has 0 saturated carbocycles. The van der Waals surface area contributed by atoms with Gasteiger partial charge in [0, 0.05) is 12.1 Å². The molecular formula is C12H16ClFN2O2S. The predicted molar refractivity (Wildman–Crippen MR) is 72.2 cm³/mol. The number of hydrogen-bond donors (Lipinski definition) is 2. The van der Waals surface area contributed by atoms with Gasteiger partial charge < -0.3 is 5.32 Å². The molecule has 0 spiro atoms. The van der Waals surface area contributed by atoms with Crippen LogP contribution in [0, 0.1) is 5.82 Å². The molecule has 0 radical (unpaired) electrons. The van der Waals surface area contributed by atoms with Crippen molar-refractivity contribution in [1.82, 2.24) is 10.0 Å². The van der Waals surface area contributed by atoms with Crippen LogP contribution in [0.5, 0.6) is 0 Å². The Balaban J connectivity index is 2.15. The molecule has 1 saturated heterocycles. The molecule has 2 N–H and O–H groups in total. The quantitative estimate of drug-likeness (QED) is 0.897. The van der Waals surface area contributed by atoms with Crippen molar-refractivity contribution in [1.29, 1.82) is 0 Å². The lowest BCUT2D eigenvalue weighted by atomic mass is 10.0. The molecule has 0 amide bonds. The van der Waals surface area contributed by atoms with Crippen LogP contribution in [0.15, 0.2) is 23.1 Å². The van der Waals surface area contributed by atoms with Gasteiger partial charge in [-0.1, -0.05) is 11.6 Å². The summed E-state index contributed by atoms with van der Waals surface area (Å²) in [5.41, 5.74) is 0. The van der Waals surface area contributed by atoms with Gasteiger partial charge in [0.15, 0.2) is 0 Å². The van der Waals surface area contributed by atoms with E-state index in [2.05, 4.69) is 10.0 Å². The van der Waals surface area contributed by atoms with Crippen LogP contribution < -0.4 is 10.0 Å².